The van der Waals surface area contributed by atoms with Gasteiger partial charge in [-0.25, -0.2) is 9.97 Å². The molecule has 0 spiro atoms. The third-order valence-electron chi connectivity index (χ3n) is 5.48. The molecule has 2 aromatic carbocycles. The molecule has 0 saturated heterocycles. The first-order chi connectivity index (χ1) is 17.5. The number of anilines is 3. The minimum Gasteiger partial charge on any atom is -0.493 e. The largest absolute Gasteiger partial charge is 0.493 e. The zero-order valence-corrected chi connectivity index (χ0v) is 19.5. The van der Waals surface area contributed by atoms with Crippen LogP contribution in [0.15, 0.2) is 84.2 Å². The molecule has 5 aromatic rings. The predicted molar refractivity (Wildman–Crippen MR) is 136 cm³/mol. The molecule has 0 unspecified atom stereocenters. The highest BCUT2D eigenvalue weighted by Crippen LogP contribution is 2.32. The zero-order chi connectivity index (χ0) is 25.1. The van der Waals surface area contributed by atoms with Gasteiger partial charge in [-0.3, -0.25) is 9.59 Å². The number of hydrogen-bond acceptors (Lipinski definition) is 7. The lowest BCUT2D eigenvalue weighted by atomic mass is 10.1. The SMILES string of the molecule is COc1ccc(Nc2nc(-c3cccc(C(=O)Nc4ccc(=O)[nH]c4)c3)cn3ccnc23)cc1OC. The van der Waals surface area contributed by atoms with Gasteiger partial charge in [0.15, 0.2) is 23.0 Å². The van der Waals surface area contributed by atoms with Gasteiger partial charge in [-0.2, -0.15) is 0 Å². The number of amides is 1. The molecule has 36 heavy (non-hydrogen) atoms. The molecule has 0 radical (unpaired) electrons. The van der Waals surface area contributed by atoms with Crippen molar-refractivity contribution in [2.75, 3.05) is 24.9 Å². The Labute approximate surface area is 205 Å². The fourth-order valence-corrected chi connectivity index (χ4v) is 3.72. The number of imidazole rings is 1. The maximum absolute atomic E-state index is 12.8. The van der Waals surface area contributed by atoms with E-state index in [1.165, 1.54) is 12.3 Å². The molecule has 5 rings (SSSR count). The molecule has 10 nitrogen and oxygen atoms in total. The normalized spacial score (nSPS) is 10.7. The smallest absolute Gasteiger partial charge is 0.255 e. The van der Waals surface area contributed by atoms with Crippen molar-refractivity contribution in [2.24, 2.45) is 0 Å². The van der Waals surface area contributed by atoms with E-state index in [2.05, 4.69) is 20.6 Å². The number of carbonyl (C=O) groups is 1. The second-order valence-corrected chi connectivity index (χ2v) is 7.80. The van der Waals surface area contributed by atoms with Crippen LogP contribution in [-0.2, 0) is 0 Å². The van der Waals surface area contributed by atoms with Crippen LogP contribution in [0.1, 0.15) is 10.4 Å². The number of hydrogen-bond donors (Lipinski definition) is 3. The van der Waals surface area contributed by atoms with E-state index in [9.17, 15) is 9.59 Å². The Morgan fingerprint density at radius 1 is 1.00 bits per heavy atom. The van der Waals surface area contributed by atoms with Crippen LogP contribution in [0.4, 0.5) is 17.2 Å². The van der Waals surface area contributed by atoms with Crippen LogP contribution >= 0.6 is 0 Å². The highest BCUT2D eigenvalue weighted by Gasteiger charge is 2.13. The lowest BCUT2D eigenvalue weighted by Gasteiger charge is -2.13. The van der Waals surface area contributed by atoms with E-state index >= 15 is 0 Å². The van der Waals surface area contributed by atoms with Gasteiger partial charge in [-0.1, -0.05) is 12.1 Å². The Balaban J connectivity index is 1.47. The maximum atomic E-state index is 12.8. The summed E-state index contributed by atoms with van der Waals surface area (Å²) in [7, 11) is 3.16. The van der Waals surface area contributed by atoms with Crippen LogP contribution in [-0.4, -0.2) is 39.5 Å². The van der Waals surface area contributed by atoms with Crippen LogP contribution in [0, 0.1) is 0 Å². The van der Waals surface area contributed by atoms with Crippen molar-refractivity contribution >= 4 is 28.7 Å². The summed E-state index contributed by atoms with van der Waals surface area (Å²) in [4.78, 5) is 35.8. The molecule has 0 aliphatic carbocycles. The highest BCUT2D eigenvalue weighted by atomic mass is 16.5. The van der Waals surface area contributed by atoms with Gasteiger partial charge in [-0.05, 0) is 30.3 Å². The minimum atomic E-state index is -0.309. The standard InChI is InChI=1S/C26H22N6O4/c1-35-21-8-6-18(13-22(21)36-2)29-24-25-27-10-11-32(25)15-20(31-24)16-4-3-5-17(12-16)26(34)30-19-7-9-23(33)28-14-19/h3-15H,1-2H3,(H,28,33)(H,29,31)(H,30,34). The molecule has 0 bridgehead atoms. The van der Waals surface area contributed by atoms with Gasteiger partial charge in [0.1, 0.15) is 0 Å². The van der Waals surface area contributed by atoms with Gasteiger partial charge >= 0.3 is 0 Å². The number of carbonyl (C=O) groups excluding carboxylic acids is 1. The molecule has 3 heterocycles. The summed E-state index contributed by atoms with van der Waals surface area (Å²) in [6.07, 6.45) is 6.81. The number of benzene rings is 2. The van der Waals surface area contributed by atoms with Crippen molar-refractivity contribution < 1.29 is 14.3 Å². The number of rotatable bonds is 7. The fraction of sp³-hybridized carbons (Fsp3) is 0.0769. The van der Waals surface area contributed by atoms with Crippen LogP contribution in [0.2, 0.25) is 0 Å². The Bertz CT molecular complexity index is 1600. The van der Waals surface area contributed by atoms with Crippen molar-refractivity contribution in [3.05, 3.63) is 95.3 Å². The molecule has 3 N–H and O–H groups in total. The molecule has 3 aromatic heterocycles. The summed E-state index contributed by atoms with van der Waals surface area (Å²) in [6, 6.07) is 15.5. The molecule has 0 atom stereocenters. The first-order valence-electron chi connectivity index (χ1n) is 11.0. The van der Waals surface area contributed by atoms with Crippen molar-refractivity contribution in [2.45, 2.75) is 0 Å². The third kappa shape index (κ3) is 4.60. The van der Waals surface area contributed by atoms with Gasteiger partial charge in [0.25, 0.3) is 5.91 Å². The van der Waals surface area contributed by atoms with Crippen LogP contribution in [0.3, 0.4) is 0 Å². The number of aromatic amines is 1. The topological polar surface area (TPSA) is 123 Å². The van der Waals surface area contributed by atoms with E-state index in [4.69, 9.17) is 14.5 Å². The molecule has 0 fully saturated rings. The number of nitrogens with zero attached hydrogens (tertiary/aromatic N) is 3. The fourth-order valence-electron chi connectivity index (χ4n) is 3.72. The lowest BCUT2D eigenvalue weighted by molar-refractivity contribution is 0.102. The van der Waals surface area contributed by atoms with E-state index in [0.717, 1.165) is 11.3 Å². The molecule has 0 aliphatic heterocycles. The van der Waals surface area contributed by atoms with E-state index in [1.54, 1.807) is 50.7 Å². The Hall–Kier alpha value is -5.12. The van der Waals surface area contributed by atoms with Crippen LogP contribution < -0.4 is 25.7 Å². The summed E-state index contributed by atoms with van der Waals surface area (Å²) in [5.74, 6) is 1.43. The van der Waals surface area contributed by atoms with Crippen molar-refractivity contribution in [3.63, 3.8) is 0 Å². The molecule has 0 aliphatic rings. The number of fused-ring (bicyclic) bond motifs is 1. The summed E-state index contributed by atoms with van der Waals surface area (Å²) in [5.41, 5.74) is 3.47. The summed E-state index contributed by atoms with van der Waals surface area (Å²) in [6.45, 7) is 0. The Morgan fingerprint density at radius 3 is 2.61 bits per heavy atom. The van der Waals surface area contributed by atoms with Crippen LogP contribution in [0.5, 0.6) is 11.5 Å². The van der Waals surface area contributed by atoms with Crippen molar-refractivity contribution in [1.82, 2.24) is 19.4 Å². The van der Waals surface area contributed by atoms with Gasteiger partial charge in [0.2, 0.25) is 5.56 Å². The molecular weight excluding hydrogens is 460 g/mol. The third-order valence-corrected chi connectivity index (χ3v) is 5.48. The Kier molecular flexibility index (Phi) is 6.06. The first kappa shape index (κ1) is 22.7. The number of ether oxygens (including phenoxy) is 2. The Morgan fingerprint density at radius 2 is 1.83 bits per heavy atom. The second kappa shape index (κ2) is 9.63. The van der Waals surface area contributed by atoms with E-state index in [1.807, 2.05) is 35.0 Å². The van der Waals surface area contributed by atoms with E-state index in [-0.39, 0.29) is 11.5 Å². The van der Waals surface area contributed by atoms with Gasteiger partial charge in [0, 0.05) is 53.7 Å². The maximum Gasteiger partial charge on any atom is 0.255 e. The average molecular weight is 483 g/mol. The van der Waals surface area contributed by atoms with Gasteiger partial charge in [-0.15, -0.1) is 0 Å². The summed E-state index contributed by atoms with van der Waals surface area (Å²) >= 11 is 0. The molecular formula is C26H22N6O4. The second-order valence-electron chi connectivity index (χ2n) is 7.80. The molecule has 0 saturated carbocycles. The number of nitrogens with one attached hydrogen (secondary N) is 3. The number of pyridine rings is 1. The minimum absolute atomic E-state index is 0.242. The van der Waals surface area contributed by atoms with Crippen molar-refractivity contribution in [1.29, 1.82) is 0 Å². The van der Waals surface area contributed by atoms with Crippen LogP contribution in [0.25, 0.3) is 16.9 Å². The molecule has 10 heteroatoms. The van der Waals surface area contributed by atoms with E-state index < -0.39 is 0 Å². The van der Waals surface area contributed by atoms with Gasteiger partial charge in [0.05, 0.1) is 25.6 Å². The first-order valence-corrected chi connectivity index (χ1v) is 11.0. The monoisotopic (exact) mass is 482 g/mol. The lowest BCUT2D eigenvalue weighted by Crippen LogP contribution is -2.13. The van der Waals surface area contributed by atoms with Crippen molar-refractivity contribution in [3.8, 4) is 22.8 Å². The number of H-pyrrole nitrogens is 1. The summed E-state index contributed by atoms with van der Waals surface area (Å²) < 4.78 is 12.6. The molecule has 1 amide bonds. The van der Waals surface area contributed by atoms with E-state index in [0.29, 0.717) is 39.9 Å². The highest BCUT2D eigenvalue weighted by molar-refractivity contribution is 6.04. The number of methoxy groups -OCH3 is 2. The zero-order valence-electron chi connectivity index (χ0n) is 19.5. The molecule has 180 valence electrons. The van der Waals surface area contributed by atoms with Gasteiger partial charge < -0.3 is 29.5 Å². The average Bonchev–Trinajstić information content (AvgIpc) is 3.39. The predicted octanol–water partition coefficient (Wildman–Crippen LogP) is 4.10. The quantitative estimate of drug-likeness (QED) is 0.319. The summed E-state index contributed by atoms with van der Waals surface area (Å²) in [5, 5.41) is 6.08. The number of aromatic nitrogens is 4.